The molecule has 6 heteroatoms. The predicted molar refractivity (Wildman–Crippen MR) is 118 cm³/mol. The summed E-state index contributed by atoms with van der Waals surface area (Å²) in [6.45, 7) is -9.31. The molecule has 1 aromatic carbocycles. The highest BCUT2D eigenvalue weighted by molar-refractivity contribution is 5.76. The van der Waals surface area contributed by atoms with Gasteiger partial charge in [-0.05, 0) is 47.8 Å². The lowest BCUT2D eigenvalue weighted by atomic mass is 9.79. The van der Waals surface area contributed by atoms with Gasteiger partial charge in [0.15, 0.2) is 11.5 Å². The molecule has 2 aliphatic rings. The highest BCUT2D eigenvalue weighted by Gasteiger charge is 2.41. The van der Waals surface area contributed by atoms with Gasteiger partial charge in [-0.3, -0.25) is 9.69 Å². The molecule has 30 heavy (non-hydrogen) atoms. The molecule has 3 rings (SSSR count). The van der Waals surface area contributed by atoms with Crippen LogP contribution in [0, 0.1) is 17.7 Å². The molecule has 1 saturated heterocycles. The van der Waals surface area contributed by atoms with Crippen molar-refractivity contribution < 1.29 is 45.0 Å². The minimum absolute atomic E-state index is 0.372. The Balaban J connectivity index is 2.80. The number of methoxy groups -OCH3 is 2. The Morgan fingerprint density at radius 3 is 2.77 bits per heavy atom. The molecule has 0 bridgehead atoms. The molecule has 2 N–H and O–H groups in total. The molecule has 5 atom stereocenters. The summed E-state index contributed by atoms with van der Waals surface area (Å²) in [5, 5.41) is 0. The van der Waals surface area contributed by atoms with Gasteiger partial charge in [0.2, 0.25) is 0 Å². The van der Waals surface area contributed by atoms with E-state index in [1.165, 1.54) is 13.8 Å². The van der Waals surface area contributed by atoms with Crippen molar-refractivity contribution >= 4 is 5.97 Å². The van der Waals surface area contributed by atoms with Crippen molar-refractivity contribution in [2.24, 2.45) is 23.4 Å². The van der Waals surface area contributed by atoms with Crippen molar-refractivity contribution in [3.05, 3.63) is 23.2 Å². The van der Waals surface area contributed by atoms with E-state index in [-0.39, 0.29) is 0 Å². The van der Waals surface area contributed by atoms with Gasteiger partial charge in [-0.2, -0.15) is 0 Å². The number of piperidine rings is 1. The van der Waals surface area contributed by atoms with E-state index in [0.29, 0.717) is 6.92 Å². The molecule has 2 heterocycles. The Bertz CT molecular complexity index is 1530. The first-order valence-electron chi connectivity index (χ1n) is 18.6. The maximum absolute atomic E-state index is 13.4. The number of nitrogens with two attached hydrogens (primary N) is 1. The summed E-state index contributed by atoms with van der Waals surface area (Å²) in [7, 11) is 1.92. The number of carbonyl (C=O) groups is 1. The monoisotopic (exact) mass is 437 g/mol. The molecule has 0 radical (unpaired) electrons. The number of benzene rings is 1. The Hall–Kier alpha value is -1.79. The highest BCUT2D eigenvalue weighted by atomic mass is 16.5. The maximum Gasteiger partial charge on any atom is 0.323 e. The Morgan fingerprint density at radius 2 is 2.13 bits per heavy atom. The van der Waals surface area contributed by atoms with E-state index in [9.17, 15) is 14.4 Å². The van der Waals surface area contributed by atoms with Gasteiger partial charge in [0.25, 0.3) is 0 Å². The third-order valence-electron chi connectivity index (χ3n) is 4.28. The molecule has 0 aromatic heterocycles. The van der Waals surface area contributed by atoms with Crippen LogP contribution < -0.4 is 15.2 Å². The molecular formula is C24H38N2O4. The quantitative estimate of drug-likeness (QED) is 0.658. The van der Waals surface area contributed by atoms with Crippen molar-refractivity contribution in [1.29, 1.82) is 0 Å². The summed E-state index contributed by atoms with van der Waals surface area (Å²) >= 11 is 0. The largest absolute Gasteiger partial charge is 0.493 e. The predicted octanol–water partition coefficient (Wildman–Crippen LogP) is 3.56. The molecule has 0 amide bonds. The van der Waals surface area contributed by atoms with E-state index in [1.807, 2.05) is 0 Å². The van der Waals surface area contributed by atoms with Gasteiger partial charge in [-0.1, -0.05) is 27.6 Å². The SMILES string of the molecule is [2H]c1c(OC)c(OC)c([2H])c2c1C([2H])([2H])C([2H])([2H])N1C([2H])([2H])C([2H])(C([2H])([2H])C([2H])(C)C([2H])([2H])[2H])C([2H])(OC(=O)[C@@H](N)C(C)C)C([2H])([2H])C21[2H]. The normalized spacial score (nSPS) is 51.1. The molecule has 0 aliphatic carbocycles. The number of esters is 1. The van der Waals surface area contributed by atoms with Gasteiger partial charge >= 0.3 is 5.97 Å². The first-order valence-corrected chi connectivity index (χ1v) is 9.12. The van der Waals surface area contributed by atoms with Gasteiger partial charge in [0, 0.05) is 51.8 Å². The van der Waals surface area contributed by atoms with Gasteiger partial charge in [-0.25, -0.2) is 0 Å². The number of carbonyl (C=O) groups excluding carboxylic acids is 1. The standard InChI is InChI=1S/C24H38N2O4/c1-14(2)9-17-13-26-8-7-16-10-21(28-5)22(29-6)11-18(16)19(26)12-20(17)30-24(27)23(25)15(3)4/h10-11,14-15,17,19-20,23H,7-9,12-13,25H2,1-6H3/t17?,19?,20?,23-/m0/s1/i1D3,7D2,8D2,9D2,10D,11D,12D2,13D2,14D,17D,19D,20D/t14?,17?,19?,20?,23-. The summed E-state index contributed by atoms with van der Waals surface area (Å²) in [6, 6.07) is -8.09. The molecular weight excluding hydrogens is 380 g/mol. The zero-order chi connectivity index (χ0) is 38.9. The molecule has 168 valence electrons. The average molecular weight is 438 g/mol. The number of hydrogen-bond donors (Lipinski definition) is 1. The van der Waals surface area contributed by atoms with Crippen LogP contribution in [0.25, 0.3) is 0 Å². The molecule has 6 nitrogen and oxygen atoms in total. The minimum atomic E-state index is -4.61. The van der Waals surface area contributed by atoms with E-state index < -0.39 is 120 Å². The third kappa shape index (κ3) is 4.75. The Kier molecular flexibility index (Phi) is 2.75. The van der Waals surface area contributed by atoms with Gasteiger partial charge < -0.3 is 19.9 Å². The molecule has 0 spiro atoms. The average Bonchev–Trinajstić information content (AvgIpc) is 2.93. The second-order valence-electron chi connectivity index (χ2n) is 6.87. The second kappa shape index (κ2) is 9.56. The first-order chi connectivity index (χ1) is 21.6. The van der Waals surface area contributed by atoms with Crippen LogP contribution in [0.3, 0.4) is 0 Å². The van der Waals surface area contributed by atoms with Crippen LogP contribution in [-0.2, 0) is 15.9 Å². The fraction of sp³-hybridized carbons (Fsp3) is 0.708. The fourth-order valence-corrected chi connectivity index (χ4v) is 2.63. The molecule has 0 saturated carbocycles. The van der Waals surface area contributed by atoms with E-state index in [2.05, 4.69) is 0 Å². The molecule has 1 aromatic rings. The summed E-state index contributed by atoms with van der Waals surface area (Å²) in [5.74, 6) is -12.3. The molecule has 1 fully saturated rings. The van der Waals surface area contributed by atoms with Crippen LogP contribution >= 0.6 is 0 Å². The molecule has 4 unspecified atom stereocenters. The zero-order valence-electron chi connectivity index (χ0n) is 36.3. The Labute approximate surface area is 207 Å². The third-order valence-corrected chi connectivity index (χ3v) is 4.28. The second-order valence-corrected chi connectivity index (χ2v) is 6.87. The van der Waals surface area contributed by atoms with Crippen molar-refractivity contribution in [3.8, 4) is 11.5 Å². The van der Waals surface area contributed by atoms with Crippen LogP contribution in [0.5, 0.6) is 11.5 Å². The topological polar surface area (TPSA) is 74.0 Å². The van der Waals surface area contributed by atoms with E-state index in [1.54, 1.807) is 0 Å². The van der Waals surface area contributed by atoms with Gasteiger partial charge in [0.05, 0.1) is 19.7 Å². The van der Waals surface area contributed by atoms with E-state index in [4.69, 9.17) is 36.4 Å². The lowest BCUT2D eigenvalue weighted by Crippen LogP contribution is -2.51. The van der Waals surface area contributed by atoms with Crippen LogP contribution in [0.15, 0.2) is 12.1 Å². The van der Waals surface area contributed by atoms with E-state index in [0.717, 1.165) is 14.2 Å². The number of nitrogens with zero attached hydrogens (tertiary/aromatic N) is 1. The lowest BCUT2D eigenvalue weighted by molar-refractivity contribution is -0.160. The minimum Gasteiger partial charge on any atom is -0.493 e. The lowest BCUT2D eigenvalue weighted by Gasteiger charge is -2.47. The van der Waals surface area contributed by atoms with Crippen LogP contribution in [0.1, 0.15) is 83.6 Å². The van der Waals surface area contributed by atoms with Crippen LogP contribution in [0.4, 0.5) is 0 Å². The number of hydrogen-bond acceptors (Lipinski definition) is 6. The smallest absolute Gasteiger partial charge is 0.323 e. The van der Waals surface area contributed by atoms with Gasteiger partial charge in [0.1, 0.15) is 12.1 Å². The molecule has 2 aliphatic heterocycles. The van der Waals surface area contributed by atoms with E-state index >= 15 is 0 Å². The van der Waals surface area contributed by atoms with Crippen molar-refractivity contribution in [3.63, 3.8) is 0 Å². The zero-order valence-corrected chi connectivity index (χ0v) is 17.3. The van der Waals surface area contributed by atoms with Gasteiger partial charge in [-0.15, -0.1) is 0 Å². The number of rotatable bonds is 7. The van der Waals surface area contributed by atoms with Crippen LogP contribution in [-0.4, -0.2) is 50.2 Å². The number of fused-ring (bicyclic) bond motifs is 3. The maximum atomic E-state index is 13.4. The van der Waals surface area contributed by atoms with Crippen molar-refractivity contribution in [2.75, 3.05) is 27.2 Å². The summed E-state index contributed by atoms with van der Waals surface area (Å²) in [6.07, 6.45) is -17.0. The highest BCUT2D eigenvalue weighted by Crippen LogP contribution is 2.44. The number of ether oxygens (including phenoxy) is 3. The van der Waals surface area contributed by atoms with Crippen LogP contribution in [0.2, 0.25) is 0 Å². The summed E-state index contributed by atoms with van der Waals surface area (Å²) in [5.41, 5.74) is 3.29. The first kappa shape index (κ1) is 8.62. The fourth-order valence-electron chi connectivity index (χ4n) is 2.63. The van der Waals surface area contributed by atoms with Crippen molar-refractivity contribution in [1.82, 2.24) is 4.90 Å². The summed E-state index contributed by atoms with van der Waals surface area (Å²) in [4.78, 5) is 12.8. The Morgan fingerprint density at radius 1 is 1.43 bits per heavy atom. The van der Waals surface area contributed by atoms with Crippen molar-refractivity contribution in [2.45, 2.75) is 64.9 Å². The summed E-state index contributed by atoms with van der Waals surface area (Å²) < 4.78 is 184.